The van der Waals surface area contributed by atoms with Gasteiger partial charge in [-0.25, -0.2) is 14.6 Å². The topological polar surface area (TPSA) is 116 Å². The number of esters is 1. The van der Waals surface area contributed by atoms with Crippen molar-refractivity contribution >= 4 is 35.1 Å². The van der Waals surface area contributed by atoms with E-state index in [1.165, 1.54) is 13.3 Å². The SMILES string of the molecule is CCCC=C(OC(C(=O)Nc1ccc(N2CCN(C(=O)Nc3ccc(C(=O)OC)cc3)CC2)nc1)=C(C)C(F)(F)F)N1CCCC(C)C1. The monoisotopic (exact) mass is 672 g/mol. The molecule has 2 saturated heterocycles. The quantitative estimate of drug-likeness (QED) is 0.170. The summed E-state index contributed by atoms with van der Waals surface area (Å²) in [6.45, 7) is 7.95. The molecule has 3 amide bonds. The summed E-state index contributed by atoms with van der Waals surface area (Å²) in [6.07, 6.45) is 1.63. The average molecular weight is 673 g/mol. The number of aromatic nitrogens is 1. The molecule has 1 unspecified atom stereocenters. The van der Waals surface area contributed by atoms with Crippen LogP contribution < -0.4 is 15.5 Å². The van der Waals surface area contributed by atoms with E-state index in [2.05, 4.69) is 27.3 Å². The molecule has 260 valence electrons. The van der Waals surface area contributed by atoms with Crippen molar-refractivity contribution in [2.45, 2.75) is 52.6 Å². The van der Waals surface area contributed by atoms with Crippen LogP contribution in [0.2, 0.25) is 0 Å². The summed E-state index contributed by atoms with van der Waals surface area (Å²) < 4.78 is 52.2. The number of unbranched alkanes of at least 4 members (excludes halogenated alkanes) is 1. The first-order valence-electron chi connectivity index (χ1n) is 16.1. The minimum Gasteiger partial charge on any atom is -0.465 e. The number of allylic oxidation sites excluding steroid dienone is 2. The second-order valence-electron chi connectivity index (χ2n) is 11.9. The van der Waals surface area contributed by atoms with E-state index in [-0.39, 0.29) is 17.6 Å². The maximum Gasteiger partial charge on any atom is 0.416 e. The minimum atomic E-state index is -4.77. The molecule has 1 atom stereocenters. The Kier molecular flexibility index (Phi) is 12.3. The number of piperidine rings is 1. The molecule has 0 spiro atoms. The fourth-order valence-corrected chi connectivity index (χ4v) is 5.40. The van der Waals surface area contributed by atoms with E-state index >= 15 is 0 Å². The van der Waals surface area contributed by atoms with Crippen molar-refractivity contribution in [1.82, 2.24) is 14.8 Å². The highest BCUT2D eigenvalue weighted by atomic mass is 19.4. The largest absolute Gasteiger partial charge is 0.465 e. The standard InChI is InChI=1S/C34H43F3N6O5/c1-5-6-9-29(43-16-7-8-23(2)22-43)48-30(24(3)34(35,36)37)31(44)39-27-14-15-28(38-21-27)41-17-19-42(20-18-41)33(46)40-26-12-10-25(11-13-26)32(45)47-4/h9-15,21,23H,5-8,16-20,22H2,1-4H3,(H,39,44)(H,40,46). The van der Waals surface area contributed by atoms with Crippen molar-refractivity contribution in [2.75, 3.05) is 61.9 Å². The third-order valence-corrected chi connectivity index (χ3v) is 8.21. The predicted octanol–water partition coefficient (Wildman–Crippen LogP) is 6.39. The summed E-state index contributed by atoms with van der Waals surface area (Å²) in [5.74, 6) is -1.09. The number of hydrogen-bond acceptors (Lipinski definition) is 8. The lowest BCUT2D eigenvalue weighted by atomic mass is 10.0. The van der Waals surface area contributed by atoms with Gasteiger partial charge in [0.1, 0.15) is 5.82 Å². The van der Waals surface area contributed by atoms with Gasteiger partial charge in [-0.15, -0.1) is 0 Å². The number of alkyl halides is 3. The Morgan fingerprint density at radius 3 is 2.25 bits per heavy atom. The van der Waals surface area contributed by atoms with Crippen LogP contribution in [0.25, 0.3) is 0 Å². The molecule has 4 rings (SSSR count). The van der Waals surface area contributed by atoms with Gasteiger partial charge in [0.25, 0.3) is 5.91 Å². The number of nitrogens with one attached hydrogen (secondary N) is 2. The van der Waals surface area contributed by atoms with E-state index in [9.17, 15) is 27.6 Å². The molecule has 0 aliphatic carbocycles. The molecule has 0 bridgehead atoms. The van der Waals surface area contributed by atoms with Gasteiger partial charge in [0.15, 0.2) is 5.88 Å². The molecule has 14 heteroatoms. The number of methoxy groups -OCH3 is 1. The minimum absolute atomic E-state index is 0.210. The number of hydrogen-bond donors (Lipinski definition) is 2. The van der Waals surface area contributed by atoms with E-state index in [0.717, 1.165) is 26.2 Å². The second-order valence-corrected chi connectivity index (χ2v) is 11.9. The van der Waals surface area contributed by atoms with E-state index < -0.39 is 29.4 Å². The number of pyridine rings is 1. The number of amides is 3. The number of carbonyl (C=O) groups excluding carboxylic acids is 3. The highest BCUT2D eigenvalue weighted by Gasteiger charge is 2.37. The molecule has 2 fully saturated rings. The van der Waals surface area contributed by atoms with Gasteiger partial charge in [-0.2, -0.15) is 13.2 Å². The van der Waals surface area contributed by atoms with Crippen LogP contribution >= 0.6 is 0 Å². The Morgan fingerprint density at radius 2 is 1.67 bits per heavy atom. The molecule has 0 radical (unpaired) electrons. The molecule has 1 aromatic heterocycles. The van der Waals surface area contributed by atoms with Crippen LogP contribution in [0.15, 0.2) is 65.9 Å². The van der Waals surface area contributed by atoms with Crippen molar-refractivity contribution in [3.05, 3.63) is 71.4 Å². The van der Waals surface area contributed by atoms with Gasteiger partial charge in [0, 0.05) is 45.0 Å². The molecule has 48 heavy (non-hydrogen) atoms. The number of anilines is 3. The zero-order valence-corrected chi connectivity index (χ0v) is 27.7. The van der Waals surface area contributed by atoms with Crippen LogP contribution in [0.4, 0.5) is 35.2 Å². The molecule has 3 heterocycles. The lowest BCUT2D eigenvalue weighted by Gasteiger charge is -2.35. The molecule has 2 aliphatic rings. The van der Waals surface area contributed by atoms with Gasteiger partial charge in [0.2, 0.25) is 5.76 Å². The molecule has 0 saturated carbocycles. The van der Waals surface area contributed by atoms with Gasteiger partial charge in [-0.1, -0.05) is 20.3 Å². The number of halogens is 3. The molecule has 1 aromatic carbocycles. The van der Waals surface area contributed by atoms with E-state index in [1.54, 1.807) is 47.4 Å². The summed E-state index contributed by atoms with van der Waals surface area (Å²) in [7, 11) is 1.30. The third-order valence-electron chi connectivity index (χ3n) is 8.21. The highest BCUT2D eigenvalue weighted by Crippen LogP contribution is 2.31. The normalized spacial score (nSPS) is 17.8. The van der Waals surface area contributed by atoms with Gasteiger partial charge in [-0.05, 0) is 74.6 Å². The number of benzene rings is 1. The summed E-state index contributed by atoms with van der Waals surface area (Å²) >= 11 is 0. The lowest BCUT2D eigenvalue weighted by molar-refractivity contribution is -0.119. The second kappa shape index (κ2) is 16.4. The Hall–Kier alpha value is -4.75. The van der Waals surface area contributed by atoms with E-state index in [4.69, 9.17) is 4.74 Å². The third kappa shape index (κ3) is 9.64. The first-order valence-corrected chi connectivity index (χ1v) is 16.1. The molecule has 2 N–H and O–H groups in total. The van der Waals surface area contributed by atoms with Gasteiger partial charge >= 0.3 is 18.2 Å². The van der Waals surface area contributed by atoms with Crippen LogP contribution in [0.1, 0.15) is 56.8 Å². The van der Waals surface area contributed by atoms with Gasteiger partial charge in [0.05, 0.1) is 30.1 Å². The lowest BCUT2D eigenvalue weighted by Crippen LogP contribution is -2.50. The average Bonchev–Trinajstić information content (AvgIpc) is 3.08. The smallest absolute Gasteiger partial charge is 0.416 e. The van der Waals surface area contributed by atoms with Crippen LogP contribution in [0, 0.1) is 5.92 Å². The first-order chi connectivity index (χ1) is 22.9. The van der Waals surface area contributed by atoms with Crippen LogP contribution in [0.3, 0.4) is 0 Å². The summed E-state index contributed by atoms with van der Waals surface area (Å²) in [5.41, 5.74) is -0.00323. The van der Waals surface area contributed by atoms with Crippen LogP contribution in [-0.4, -0.2) is 85.2 Å². The number of urea groups is 1. The summed E-state index contributed by atoms with van der Waals surface area (Å²) in [5, 5.41) is 5.34. The van der Waals surface area contributed by atoms with Gasteiger partial charge < -0.3 is 34.8 Å². The van der Waals surface area contributed by atoms with Gasteiger partial charge in [-0.3, -0.25) is 4.79 Å². The zero-order valence-electron chi connectivity index (χ0n) is 27.7. The maximum atomic E-state index is 13.9. The summed E-state index contributed by atoms with van der Waals surface area (Å²) in [4.78, 5) is 47.6. The molecule has 2 aromatic rings. The van der Waals surface area contributed by atoms with E-state index in [0.29, 0.717) is 68.7 Å². The van der Waals surface area contributed by atoms with Crippen molar-refractivity contribution in [3.8, 4) is 0 Å². The number of rotatable bonds is 10. The molecule has 2 aliphatic heterocycles. The fraction of sp³-hybridized carbons (Fsp3) is 0.471. The van der Waals surface area contributed by atoms with Crippen LogP contribution in [-0.2, 0) is 14.3 Å². The highest BCUT2D eigenvalue weighted by molar-refractivity contribution is 6.03. The fourth-order valence-electron chi connectivity index (χ4n) is 5.40. The zero-order chi connectivity index (χ0) is 34.8. The van der Waals surface area contributed by atoms with Crippen molar-refractivity contribution in [3.63, 3.8) is 0 Å². The summed E-state index contributed by atoms with van der Waals surface area (Å²) in [6, 6.07) is 9.32. The maximum absolute atomic E-state index is 13.9. The molecule has 11 nitrogen and oxygen atoms in total. The Labute approximate surface area is 278 Å². The Morgan fingerprint density at radius 1 is 0.979 bits per heavy atom. The Balaban J connectivity index is 1.37. The number of carbonyl (C=O) groups is 3. The number of ether oxygens (including phenoxy) is 2. The van der Waals surface area contributed by atoms with Crippen molar-refractivity contribution in [1.29, 1.82) is 0 Å². The predicted molar refractivity (Wildman–Crippen MR) is 176 cm³/mol. The number of likely N-dealkylation sites (tertiary alicyclic amines) is 1. The molecular weight excluding hydrogens is 629 g/mol. The first kappa shape index (κ1) is 36.1. The number of piperazine rings is 1. The van der Waals surface area contributed by atoms with Crippen molar-refractivity contribution in [2.24, 2.45) is 5.92 Å². The molecular formula is C34H43F3N6O5. The van der Waals surface area contributed by atoms with Crippen LogP contribution in [0.5, 0.6) is 0 Å². The Bertz CT molecular complexity index is 1490. The van der Waals surface area contributed by atoms with E-state index in [1.807, 2.05) is 16.7 Å². The number of nitrogens with zero attached hydrogens (tertiary/aromatic N) is 4. The van der Waals surface area contributed by atoms with Crippen molar-refractivity contribution < 1.29 is 37.0 Å².